The maximum Gasteiger partial charge on any atom is 0.573 e. The Bertz CT molecular complexity index is 419. The SMILES string of the molecule is CCC1CCOC(c2ccc(OC(F)(F)F)cc2)CN1. The van der Waals surface area contributed by atoms with Gasteiger partial charge in [0.1, 0.15) is 5.75 Å². The summed E-state index contributed by atoms with van der Waals surface area (Å²) < 4.78 is 45.8. The summed E-state index contributed by atoms with van der Waals surface area (Å²) in [6, 6.07) is 6.29. The van der Waals surface area contributed by atoms with Crippen molar-refractivity contribution in [2.24, 2.45) is 0 Å². The Morgan fingerprint density at radius 2 is 2.00 bits per heavy atom. The van der Waals surface area contributed by atoms with Crippen LogP contribution < -0.4 is 10.1 Å². The van der Waals surface area contributed by atoms with Crippen LogP contribution in [0, 0.1) is 0 Å². The van der Waals surface area contributed by atoms with E-state index in [0.29, 0.717) is 19.2 Å². The van der Waals surface area contributed by atoms with E-state index in [1.165, 1.54) is 12.1 Å². The van der Waals surface area contributed by atoms with Gasteiger partial charge in [0, 0.05) is 19.2 Å². The molecule has 1 aromatic carbocycles. The quantitative estimate of drug-likeness (QED) is 0.925. The molecular weight excluding hydrogens is 271 g/mol. The first-order valence-corrected chi connectivity index (χ1v) is 6.68. The van der Waals surface area contributed by atoms with Crippen molar-refractivity contribution in [3.63, 3.8) is 0 Å². The summed E-state index contributed by atoms with van der Waals surface area (Å²) in [6.45, 7) is 3.43. The summed E-state index contributed by atoms with van der Waals surface area (Å²) in [6.07, 6.45) is -2.81. The Kier molecular flexibility index (Phi) is 4.88. The van der Waals surface area contributed by atoms with E-state index in [1.54, 1.807) is 12.1 Å². The zero-order valence-corrected chi connectivity index (χ0v) is 11.2. The number of halogens is 3. The topological polar surface area (TPSA) is 30.5 Å². The highest BCUT2D eigenvalue weighted by atomic mass is 19.4. The highest BCUT2D eigenvalue weighted by Gasteiger charge is 2.31. The van der Waals surface area contributed by atoms with Crippen LogP contribution in [0.5, 0.6) is 5.75 Å². The van der Waals surface area contributed by atoms with Crippen LogP contribution in [0.2, 0.25) is 0 Å². The minimum absolute atomic E-state index is 0.133. The van der Waals surface area contributed by atoms with Gasteiger partial charge in [0.15, 0.2) is 0 Å². The third-order valence-corrected chi connectivity index (χ3v) is 3.36. The smallest absolute Gasteiger partial charge is 0.406 e. The summed E-state index contributed by atoms with van der Waals surface area (Å²) in [5.41, 5.74) is 0.851. The van der Waals surface area contributed by atoms with Crippen molar-refractivity contribution in [1.82, 2.24) is 5.32 Å². The lowest BCUT2D eigenvalue weighted by Gasteiger charge is -2.17. The van der Waals surface area contributed by atoms with Crippen LogP contribution in [0.1, 0.15) is 31.4 Å². The molecule has 1 aromatic rings. The van der Waals surface area contributed by atoms with E-state index in [2.05, 4.69) is 17.0 Å². The molecular formula is C14H18F3NO2. The van der Waals surface area contributed by atoms with Gasteiger partial charge in [-0.25, -0.2) is 0 Å². The van der Waals surface area contributed by atoms with E-state index in [4.69, 9.17) is 4.74 Å². The molecule has 1 N–H and O–H groups in total. The summed E-state index contributed by atoms with van der Waals surface area (Å²) in [4.78, 5) is 0. The second kappa shape index (κ2) is 6.45. The van der Waals surface area contributed by atoms with Gasteiger partial charge in [0.05, 0.1) is 6.10 Å². The van der Waals surface area contributed by atoms with Gasteiger partial charge in [-0.3, -0.25) is 0 Å². The van der Waals surface area contributed by atoms with E-state index in [0.717, 1.165) is 18.4 Å². The van der Waals surface area contributed by atoms with Crippen LogP contribution in [0.15, 0.2) is 24.3 Å². The van der Waals surface area contributed by atoms with Gasteiger partial charge in [-0.2, -0.15) is 0 Å². The largest absolute Gasteiger partial charge is 0.573 e. The molecule has 3 nitrogen and oxygen atoms in total. The molecule has 6 heteroatoms. The molecule has 2 rings (SSSR count). The fourth-order valence-electron chi connectivity index (χ4n) is 2.23. The molecule has 112 valence electrons. The molecule has 1 fully saturated rings. The van der Waals surface area contributed by atoms with Gasteiger partial charge < -0.3 is 14.8 Å². The Morgan fingerprint density at radius 1 is 1.30 bits per heavy atom. The minimum Gasteiger partial charge on any atom is -0.406 e. The summed E-state index contributed by atoms with van der Waals surface area (Å²) >= 11 is 0. The molecule has 1 heterocycles. The summed E-state index contributed by atoms with van der Waals surface area (Å²) in [7, 11) is 0. The first-order valence-electron chi connectivity index (χ1n) is 6.68. The second-order valence-electron chi connectivity index (χ2n) is 4.78. The number of hydrogen-bond donors (Lipinski definition) is 1. The first-order chi connectivity index (χ1) is 9.48. The van der Waals surface area contributed by atoms with Gasteiger partial charge in [-0.05, 0) is 30.5 Å². The molecule has 0 aliphatic carbocycles. The van der Waals surface area contributed by atoms with Crippen molar-refractivity contribution in [1.29, 1.82) is 0 Å². The zero-order valence-electron chi connectivity index (χ0n) is 11.2. The normalized spacial score (nSPS) is 24.2. The Hall–Kier alpha value is -1.27. The predicted octanol–water partition coefficient (Wildman–Crippen LogP) is 3.41. The Morgan fingerprint density at radius 3 is 2.60 bits per heavy atom. The third-order valence-electron chi connectivity index (χ3n) is 3.36. The van der Waals surface area contributed by atoms with Crippen molar-refractivity contribution in [3.05, 3.63) is 29.8 Å². The highest BCUT2D eigenvalue weighted by molar-refractivity contribution is 5.29. The number of alkyl halides is 3. The summed E-state index contributed by atoms with van der Waals surface area (Å²) in [5, 5.41) is 3.40. The van der Waals surface area contributed by atoms with Gasteiger partial charge in [-0.15, -0.1) is 13.2 Å². The molecule has 0 radical (unpaired) electrons. The molecule has 1 saturated heterocycles. The van der Waals surface area contributed by atoms with Crippen LogP contribution in [0.25, 0.3) is 0 Å². The maximum atomic E-state index is 12.1. The average molecular weight is 289 g/mol. The van der Waals surface area contributed by atoms with Crippen LogP contribution in [-0.4, -0.2) is 25.6 Å². The zero-order chi connectivity index (χ0) is 14.6. The molecule has 0 spiro atoms. The monoisotopic (exact) mass is 289 g/mol. The van der Waals surface area contributed by atoms with Gasteiger partial charge >= 0.3 is 6.36 Å². The van der Waals surface area contributed by atoms with Gasteiger partial charge in [0.2, 0.25) is 0 Å². The van der Waals surface area contributed by atoms with E-state index < -0.39 is 6.36 Å². The molecule has 20 heavy (non-hydrogen) atoms. The third kappa shape index (κ3) is 4.38. The van der Waals surface area contributed by atoms with Crippen molar-refractivity contribution in [2.75, 3.05) is 13.2 Å². The van der Waals surface area contributed by atoms with E-state index in [-0.39, 0.29) is 11.9 Å². The Labute approximate surface area is 116 Å². The maximum absolute atomic E-state index is 12.1. The number of ether oxygens (including phenoxy) is 2. The molecule has 0 aromatic heterocycles. The van der Waals surface area contributed by atoms with Gasteiger partial charge in [0.25, 0.3) is 0 Å². The van der Waals surface area contributed by atoms with E-state index >= 15 is 0 Å². The average Bonchev–Trinajstić information content (AvgIpc) is 2.63. The highest BCUT2D eigenvalue weighted by Crippen LogP contribution is 2.26. The van der Waals surface area contributed by atoms with E-state index in [1.807, 2.05) is 0 Å². The van der Waals surface area contributed by atoms with Crippen LogP contribution in [-0.2, 0) is 4.74 Å². The lowest BCUT2D eigenvalue weighted by atomic mass is 10.1. The standard InChI is InChI=1S/C14H18F3NO2/c1-2-11-7-8-19-13(9-18-11)10-3-5-12(6-4-10)20-14(15,16)17/h3-6,11,13,18H,2,7-9H2,1H3. The molecule has 0 saturated carbocycles. The Balaban J connectivity index is 1.99. The second-order valence-corrected chi connectivity index (χ2v) is 4.78. The fraction of sp³-hybridized carbons (Fsp3) is 0.571. The lowest BCUT2D eigenvalue weighted by Crippen LogP contribution is -2.29. The first kappa shape index (κ1) is 15.1. The van der Waals surface area contributed by atoms with Crippen LogP contribution in [0.3, 0.4) is 0 Å². The van der Waals surface area contributed by atoms with Crippen molar-refractivity contribution in [3.8, 4) is 5.75 Å². The molecule has 2 unspecified atom stereocenters. The lowest BCUT2D eigenvalue weighted by molar-refractivity contribution is -0.274. The van der Waals surface area contributed by atoms with Crippen molar-refractivity contribution < 1.29 is 22.6 Å². The minimum atomic E-state index is -4.66. The predicted molar refractivity (Wildman–Crippen MR) is 68.5 cm³/mol. The van der Waals surface area contributed by atoms with Crippen molar-refractivity contribution >= 4 is 0 Å². The van der Waals surface area contributed by atoms with Crippen LogP contribution in [0.4, 0.5) is 13.2 Å². The molecule has 1 aliphatic heterocycles. The summed E-state index contributed by atoms with van der Waals surface area (Å²) in [5.74, 6) is -0.214. The fourth-order valence-corrected chi connectivity index (χ4v) is 2.23. The van der Waals surface area contributed by atoms with Crippen LogP contribution >= 0.6 is 0 Å². The molecule has 1 aliphatic rings. The van der Waals surface area contributed by atoms with Gasteiger partial charge in [-0.1, -0.05) is 19.1 Å². The molecule has 0 amide bonds. The van der Waals surface area contributed by atoms with E-state index in [9.17, 15) is 13.2 Å². The molecule has 2 atom stereocenters. The number of benzene rings is 1. The number of rotatable bonds is 3. The van der Waals surface area contributed by atoms with Crippen molar-refractivity contribution in [2.45, 2.75) is 38.3 Å². The number of hydrogen-bond acceptors (Lipinski definition) is 3. The molecule has 0 bridgehead atoms. The number of nitrogens with one attached hydrogen (secondary N) is 1.